The first-order valence-corrected chi connectivity index (χ1v) is 10.8. The maximum Gasteiger partial charge on any atom is 0.227 e. The average Bonchev–Trinajstić information content (AvgIpc) is 3.53. The van der Waals surface area contributed by atoms with Crippen molar-refractivity contribution < 1.29 is 4.74 Å². The molecule has 2 aliphatic heterocycles. The summed E-state index contributed by atoms with van der Waals surface area (Å²) in [6.45, 7) is 3.79. The van der Waals surface area contributed by atoms with E-state index in [0.29, 0.717) is 11.8 Å². The maximum absolute atomic E-state index is 5.38. The molecule has 1 atom stereocenters. The van der Waals surface area contributed by atoms with Crippen molar-refractivity contribution in [1.29, 1.82) is 0 Å². The molecule has 2 aliphatic rings. The number of hydrogen-bond acceptors (Lipinski definition) is 7. The van der Waals surface area contributed by atoms with E-state index in [1.54, 1.807) is 7.11 Å². The highest BCUT2D eigenvalue weighted by molar-refractivity contribution is 5.57. The summed E-state index contributed by atoms with van der Waals surface area (Å²) in [5.74, 6) is 3.47. The topological polar surface area (TPSA) is 74.3 Å². The Labute approximate surface area is 182 Å². The van der Waals surface area contributed by atoms with Crippen LogP contribution in [0.4, 0.5) is 17.5 Å². The number of nitrogens with zero attached hydrogens (tertiary/aromatic N) is 3. The van der Waals surface area contributed by atoms with Gasteiger partial charge in [-0.2, -0.15) is 4.98 Å². The molecular weight excluding hydrogens is 388 g/mol. The number of ether oxygens (including phenoxy) is 1. The van der Waals surface area contributed by atoms with Gasteiger partial charge < -0.3 is 15.0 Å². The number of methoxy groups -OCH3 is 1. The van der Waals surface area contributed by atoms with Crippen LogP contribution in [0.3, 0.4) is 0 Å². The quantitative estimate of drug-likeness (QED) is 0.569. The first-order chi connectivity index (χ1) is 15.3. The standard InChI is InChI=1S/C24H28N6O/c1-31-22-4-2-3-18(13-22)19-10-12-30(16-19)24-25-11-9-23(29-24)28-21-7-5-17(6-8-21)20-14-26-27-15-20/h2-9,11,13,19-20,26-27H,10,12,14-16H2,1H3,(H,25,28,29). The Hall–Kier alpha value is -3.16. The largest absolute Gasteiger partial charge is 0.497 e. The van der Waals surface area contributed by atoms with E-state index in [1.807, 2.05) is 18.3 Å². The van der Waals surface area contributed by atoms with Gasteiger partial charge in [0.15, 0.2) is 0 Å². The monoisotopic (exact) mass is 416 g/mol. The number of rotatable bonds is 6. The molecule has 1 aromatic heterocycles. The first-order valence-electron chi connectivity index (χ1n) is 10.8. The zero-order valence-electron chi connectivity index (χ0n) is 17.7. The van der Waals surface area contributed by atoms with Crippen LogP contribution in [0.5, 0.6) is 5.75 Å². The lowest BCUT2D eigenvalue weighted by atomic mass is 9.98. The second-order valence-corrected chi connectivity index (χ2v) is 8.16. The Morgan fingerprint density at radius 3 is 2.65 bits per heavy atom. The number of aromatic nitrogens is 2. The minimum atomic E-state index is 0.461. The Morgan fingerprint density at radius 1 is 1.00 bits per heavy atom. The summed E-state index contributed by atoms with van der Waals surface area (Å²) in [7, 11) is 1.71. The van der Waals surface area contributed by atoms with E-state index >= 15 is 0 Å². The molecule has 5 rings (SSSR count). The van der Waals surface area contributed by atoms with E-state index in [1.165, 1.54) is 11.1 Å². The molecule has 7 nitrogen and oxygen atoms in total. The van der Waals surface area contributed by atoms with Gasteiger partial charge in [0.2, 0.25) is 5.95 Å². The van der Waals surface area contributed by atoms with Gasteiger partial charge in [-0.05, 0) is 47.9 Å². The van der Waals surface area contributed by atoms with Crippen LogP contribution in [-0.2, 0) is 0 Å². The predicted octanol–water partition coefficient (Wildman–Crippen LogP) is 3.41. The van der Waals surface area contributed by atoms with E-state index < -0.39 is 0 Å². The van der Waals surface area contributed by atoms with Crippen LogP contribution in [0.2, 0.25) is 0 Å². The molecule has 0 spiro atoms. The molecule has 31 heavy (non-hydrogen) atoms. The fourth-order valence-corrected chi connectivity index (χ4v) is 4.36. The minimum absolute atomic E-state index is 0.461. The summed E-state index contributed by atoms with van der Waals surface area (Å²) < 4.78 is 5.38. The third-order valence-electron chi connectivity index (χ3n) is 6.16. The number of benzene rings is 2. The molecule has 3 N–H and O–H groups in total. The van der Waals surface area contributed by atoms with Gasteiger partial charge in [-0.15, -0.1) is 0 Å². The van der Waals surface area contributed by atoms with Gasteiger partial charge >= 0.3 is 0 Å². The average molecular weight is 417 g/mol. The van der Waals surface area contributed by atoms with Crippen molar-refractivity contribution in [2.75, 3.05) is 43.5 Å². The molecule has 1 unspecified atom stereocenters. The van der Waals surface area contributed by atoms with Crippen LogP contribution < -0.4 is 25.8 Å². The van der Waals surface area contributed by atoms with Crippen molar-refractivity contribution in [2.45, 2.75) is 18.3 Å². The van der Waals surface area contributed by atoms with Gasteiger partial charge in [-0.25, -0.2) is 4.98 Å². The van der Waals surface area contributed by atoms with Crippen molar-refractivity contribution in [3.8, 4) is 5.75 Å². The van der Waals surface area contributed by atoms with E-state index in [2.05, 4.69) is 68.5 Å². The minimum Gasteiger partial charge on any atom is -0.497 e. The van der Waals surface area contributed by atoms with Gasteiger partial charge in [-0.1, -0.05) is 24.3 Å². The lowest BCUT2D eigenvalue weighted by molar-refractivity contribution is 0.414. The van der Waals surface area contributed by atoms with E-state index in [9.17, 15) is 0 Å². The number of hydrogen-bond donors (Lipinski definition) is 3. The molecule has 2 aromatic carbocycles. The second kappa shape index (κ2) is 8.91. The molecule has 3 heterocycles. The van der Waals surface area contributed by atoms with Gasteiger partial charge in [0.1, 0.15) is 11.6 Å². The van der Waals surface area contributed by atoms with Crippen LogP contribution in [0.15, 0.2) is 60.8 Å². The molecule has 2 fully saturated rings. The molecular formula is C24H28N6O. The summed E-state index contributed by atoms with van der Waals surface area (Å²) in [4.78, 5) is 11.6. The zero-order chi connectivity index (χ0) is 21.0. The van der Waals surface area contributed by atoms with Gasteiger partial charge in [0, 0.05) is 49.9 Å². The summed E-state index contributed by atoms with van der Waals surface area (Å²) in [5.41, 5.74) is 10.0. The number of nitrogens with one attached hydrogen (secondary N) is 3. The zero-order valence-corrected chi connectivity index (χ0v) is 17.7. The van der Waals surface area contributed by atoms with E-state index in [4.69, 9.17) is 9.72 Å². The Balaban J connectivity index is 1.25. The van der Waals surface area contributed by atoms with Crippen LogP contribution in [0.1, 0.15) is 29.4 Å². The lowest BCUT2D eigenvalue weighted by Crippen LogP contribution is -2.22. The highest BCUT2D eigenvalue weighted by atomic mass is 16.5. The Morgan fingerprint density at radius 2 is 1.84 bits per heavy atom. The molecule has 0 bridgehead atoms. The molecule has 3 aromatic rings. The van der Waals surface area contributed by atoms with Gasteiger partial charge in [-0.3, -0.25) is 10.9 Å². The van der Waals surface area contributed by atoms with E-state index in [-0.39, 0.29) is 0 Å². The second-order valence-electron chi connectivity index (χ2n) is 8.16. The fourth-order valence-electron chi connectivity index (χ4n) is 4.36. The van der Waals surface area contributed by atoms with Crippen LogP contribution in [-0.4, -0.2) is 43.3 Å². The van der Waals surface area contributed by atoms with Gasteiger partial charge in [0.25, 0.3) is 0 Å². The molecule has 0 radical (unpaired) electrons. The van der Waals surface area contributed by atoms with E-state index in [0.717, 1.165) is 55.8 Å². The van der Waals surface area contributed by atoms with Crippen molar-refractivity contribution >= 4 is 17.5 Å². The maximum atomic E-state index is 5.38. The summed E-state index contributed by atoms with van der Waals surface area (Å²) in [5, 5.41) is 3.42. The SMILES string of the molecule is COc1cccc(C2CCN(c3nccc(Nc4ccc(C5CNNC5)cc4)n3)C2)c1. The third-order valence-corrected chi connectivity index (χ3v) is 6.16. The van der Waals surface area contributed by atoms with Crippen molar-refractivity contribution in [1.82, 2.24) is 20.8 Å². The highest BCUT2D eigenvalue weighted by Gasteiger charge is 2.26. The van der Waals surface area contributed by atoms with Crippen LogP contribution >= 0.6 is 0 Å². The normalized spacial score (nSPS) is 19.0. The first kappa shape index (κ1) is 19.8. The number of anilines is 3. The van der Waals surface area contributed by atoms with Gasteiger partial charge in [0.05, 0.1) is 7.11 Å². The predicted molar refractivity (Wildman–Crippen MR) is 123 cm³/mol. The molecule has 160 valence electrons. The fraction of sp³-hybridized carbons (Fsp3) is 0.333. The molecule has 0 saturated carbocycles. The highest BCUT2D eigenvalue weighted by Crippen LogP contribution is 2.31. The van der Waals surface area contributed by atoms with Crippen molar-refractivity contribution in [2.24, 2.45) is 0 Å². The summed E-state index contributed by atoms with van der Waals surface area (Å²) in [6.07, 6.45) is 2.91. The lowest BCUT2D eigenvalue weighted by Gasteiger charge is -2.18. The van der Waals surface area contributed by atoms with Crippen molar-refractivity contribution in [3.63, 3.8) is 0 Å². The van der Waals surface area contributed by atoms with Crippen LogP contribution in [0.25, 0.3) is 0 Å². The molecule has 0 aliphatic carbocycles. The molecule has 0 amide bonds. The molecule has 7 heteroatoms. The third kappa shape index (κ3) is 4.47. The van der Waals surface area contributed by atoms with Crippen molar-refractivity contribution in [3.05, 3.63) is 71.9 Å². The van der Waals surface area contributed by atoms with Crippen LogP contribution in [0, 0.1) is 0 Å². The summed E-state index contributed by atoms with van der Waals surface area (Å²) in [6, 6.07) is 18.9. The molecule has 2 saturated heterocycles. The summed E-state index contributed by atoms with van der Waals surface area (Å²) >= 11 is 0. The Kier molecular flexibility index (Phi) is 5.69. The number of hydrazine groups is 1. The smallest absolute Gasteiger partial charge is 0.227 e. The Bertz CT molecular complexity index is 1020.